The number of ether oxygens (including phenoxy) is 2. The van der Waals surface area contributed by atoms with E-state index < -0.39 is 12.1 Å². The summed E-state index contributed by atoms with van der Waals surface area (Å²) in [6, 6.07) is 12.3. The Bertz CT molecular complexity index is 1090. The zero-order valence-corrected chi connectivity index (χ0v) is 19.4. The number of rotatable bonds is 10. The van der Waals surface area contributed by atoms with E-state index in [4.69, 9.17) is 9.47 Å². The van der Waals surface area contributed by atoms with E-state index in [1.165, 1.54) is 23.9 Å². The van der Waals surface area contributed by atoms with Crippen LogP contribution < -0.4 is 10.1 Å². The van der Waals surface area contributed by atoms with Gasteiger partial charge in [0, 0.05) is 12.2 Å². The van der Waals surface area contributed by atoms with Gasteiger partial charge in [0.05, 0.1) is 17.9 Å². The molecule has 174 valence electrons. The van der Waals surface area contributed by atoms with E-state index in [-0.39, 0.29) is 17.5 Å². The number of carbonyl (C=O) groups is 2. The summed E-state index contributed by atoms with van der Waals surface area (Å²) in [5.74, 6) is 0.310. The maximum atomic E-state index is 13.1. The van der Waals surface area contributed by atoms with Crippen LogP contribution in [0.3, 0.4) is 0 Å². The number of anilines is 1. The largest absolute Gasteiger partial charge is 0.483 e. The van der Waals surface area contributed by atoms with Crippen LogP contribution in [0.15, 0.2) is 53.7 Å². The summed E-state index contributed by atoms with van der Waals surface area (Å²) < 4.78 is 25.8. The number of hydrogen-bond acceptors (Lipinski definition) is 7. The van der Waals surface area contributed by atoms with Crippen LogP contribution in [0.5, 0.6) is 5.75 Å². The Kier molecular flexibility index (Phi) is 8.42. The van der Waals surface area contributed by atoms with Crippen LogP contribution in [-0.4, -0.2) is 39.0 Å². The zero-order chi connectivity index (χ0) is 23.8. The molecule has 1 N–H and O–H groups in total. The third kappa shape index (κ3) is 6.55. The first-order valence-corrected chi connectivity index (χ1v) is 11.4. The van der Waals surface area contributed by atoms with E-state index in [0.29, 0.717) is 41.1 Å². The molecule has 0 saturated carbocycles. The fraction of sp³-hybridized carbons (Fsp3) is 0.304. The number of hydrogen-bond donors (Lipinski definition) is 1. The summed E-state index contributed by atoms with van der Waals surface area (Å²) in [7, 11) is 0. The number of halogens is 1. The Hall–Kier alpha value is -3.40. The molecule has 0 saturated heterocycles. The fourth-order valence-corrected chi connectivity index (χ4v) is 3.82. The maximum Gasteiger partial charge on any atom is 0.338 e. The first kappa shape index (κ1) is 24.2. The summed E-state index contributed by atoms with van der Waals surface area (Å²) in [5, 5.41) is 11.8. The van der Waals surface area contributed by atoms with Crippen molar-refractivity contribution in [3.8, 4) is 5.75 Å². The van der Waals surface area contributed by atoms with E-state index in [1.54, 1.807) is 43.3 Å². The Balaban J connectivity index is 1.57. The molecule has 1 aromatic heterocycles. The molecular formula is C23H25FN4O4S. The number of nitrogens with zero attached hydrogens (tertiary/aromatic N) is 3. The Labute approximate surface area is 195 Å². The van der Waals surface area contributed by atoms with Gasteiger partial charge in [0.2, 0.25) is 5.91 Å². The molecule has 0 aliphatic heterocycles. The minimum absolute atomic E-state index is 0.130. The van der Waals surface area contributed by atoms with Crippen LogP contribution in [0.4, 0.5) is 10.1 Å². The monoisotopic (exact) mass is 472 g/mol. The van der Waals surface area contributed by atoms with Gasteiger partial charge in [-0.15, -0.1) is 10.2 Å². The van der Waals surface area contributed by atoms with Gasteiger partial charge in [0.1, 0.15) is 11.6 Å². The Morgan fingerprint density at radius 2 is 1.79 bits per heavy atom. The van der Waals surface area contributed by atoms with Crippen molar-refractivity contribution in [2.24, 2.45) is 0 Å². The third-order valence-electron chi connectivity index (χ3n) is 4.56. The molecule has 0 aliphatic carbocycles. The quantitative estimate of drug-likeness (QED) is 0.343. The van der Waals surface area contributed by atoms with Crippen molar-refractivity contribution in [1.82, 2.24) is 14.8 Å². The SMILES string of the molecule is CCOC(=O)c1ccc(NC(=O)CSc2nnc(C(C)Oc3ccc(F)cc3)n2CC)cc1. The summed E-state index contributed by atoms with van der Waals surface area (Å²) >= 11 is 1.26. The topological polar surface area (TPSA) is 95.3 Å². The highest BCUT2D eigenvalue weighted by atomic mass is 32.2. The lowest BCUT2D eigenvalue weighted by atomic mass is 10.2. The molecule has 33 heavy (non-hydrogen) atoms. The molecule has 1 atom stereocenters. The van der Waals surface area contributed by atoms with Crippen molar-refractivity contribution in [3.63, 3.8) is 0 Å². The van der Waals surface area contributed by atoms with Gasteiger partial charge in [-0.3, -0.25) is 4.79 Å². The maximum absolute atomic E-state index is 13.1. The number of thioether (sulfide) groups is 1. The van der Waals surface area contributed by atoms with Crippen molar-refractivity contribution < 1.29 is 23.5 Å². The molecule has 0 bridgehead atoms. The van der Waals surface area contributed by atoms with Gasteiger partial charge >= 0.3 is 5.97 Å². The second-order valence-electron chi connectivity index (χ2n) is 6.93. The molecule has 1 heterocycles. The second kappa shape index (κ2) is 11.5. The number of amides is 1. The van der Waals surface area contributed by atoms with Crippen molar-refractivity contribution in [2.75, 3.05) is 17.7 Å². The highest BCUT2D eigenvalue weighted by molar-refractivity contribution is 7.99. The highest BCUT2D eigenvalue weighted by Crippen LogP contribution is 2.25. The fourth-order valence-electron chi connectivity index (χ4n) is 3.01. The van der Waals surface area contributed by atoms with Crippen molar-refractivity contribution >= 4 is 29.3 Å². The highest BCUT2D eigenvalue weighted by Gasteiger charge is 2.19. The van der Waals surface area contributed by atoms with Gasteiger partial charge in [0.25, 0.3) is 0 Å². The lowest BCUT2D eigenvalue weighted by Gasteiger charge is -2.15. The van der Waals surface area contributed by atoms with E-state index in [0.717, 1.165) is 0 Å². The number of benzene rings is 2. The molecule has 3 aromatic rings. The number of aromatic nitrogens is 3. The molecule has 8 nitrogen and oxygen atoms in total. The van der Waals surface area contributed by atoms with Crippen molar-refractivity contribution in [1.29, 1.82) is 0 Å². The lowest BCUT2D eigenvalue weighted by Crippen LogP contribution is -2.15. The van der Waals surface area contributed by atoms with Gasteiger partial charge in [-0.2, -0.15) is 0 Å². The average Bonchev–Trinajstić information content (AvgIpc) is 3.23. The first-order valence-electron chi connectivity index (χ1n) is 10.5. The predicted octanol–water partition coefficient (Wildman–Crippen LogP) is 4.48. The van der Waals surface area contributed by atoms with Gasteiger partial charge in [0.15, 0.2) is 17.1 Å². The van der Waals surface area contributed by atoms with Crippen molar-refractivity contribution in [2.45, 2.75) is 38.6 Å². The summed E-state index contributed by atoms with van der Waals surface area (Å²) in [4.78, 5) is 24.1. The standard InChI is InChI=1S/C23H25FN4O4S/c1-4-28-21(15(3)32-19-12-8-17(24)9-13-19)26-27-23(28)33-14-20(29)25-18-10-6-16(7-11-18)22(30)31-5-2/h6-13,15H,4-5,14H2,1-3H3,(H,25,29). The lowest BCUT2D eigenvalue weighted by molar-refractivity contribution is -0.113. The van der Waals surface area contributed by atoms with Crippen LogP contribution in [-0.2, 0) is 16.1 Å². The molecule has 1 amide bonds. The summed E-state index contributed by atoms with van der Waals surface area (Å²) in [6.07, 6.45) is -0.413. The molecule has 0 radical (unpaired) electrons. The molecule has 0 aliphatic rings. The minimum Gasteiger partial charge on any atom is -0.483 e. The Morgan fingerprint density at radius 1 is 1.09 bits per heavy atom. The van der Waals surface area contributed by atoms with Gasteiger partial charge in [-0.1, -0.05) is 11.8 Å². The predicted molar refractivity (Wildman–Crippen MR) is 123 cm³/mol. The average molecular weight is 473 g/mol. The van der Waals surface area contributed by atoms with E-state index in [9.17, 15) is 14.0 Å². The van der Waals surface area contributed by atoms with Crippen molar-refractivity contribution in [3.05, 3.63) is 65.7 Å². The number of nitrogens with one attached hydrogen (secondary N) is 1. The molecular weight excluding hydrogens is 447 g/mol. The molecule has 2 aromatic carbocycles. The van der Waals surface area contributed by atoms with Crippen LogP contribution in [0.2, 0.25) is 0 Å². The molecule has 10 heteroatoms. The normalized spacial score (nSPS) is 11.6. The number of carbonyl (C=O) groups excluding carboxylic acids is 2. The third-order valence-corrected chi connectivity index (χ3v) is 5.53. The molecule has 0 fully saturated rings. The Morgan fingerprint density at radius 3 is 2.42 bits per heavy atom. The second-order valence-corrected chi connectivity index (χ2v) is 7.88. The van der Waals surface area contributed by atoms with E-state index in [2.05, 4.69) is 15.5 Å². The zero-order valence-electron chi connectivity index (χ0n) is 18.6. The van der Waals surface area contributed by atoms with Crippen LogP contribution in [0.1, 0.15) is 43.1 Å². The van der Waals surface area contributed by atoms with Gasteiger partial charge in [-0.25, -0.2) is 9.18 Å². The number of esters is 1. The van der Waals surface area contributed by atoms with Crippen LogP contribution in [0.25, 0.3) is 0 Å². The van der Waals surface area contributed by atoms with Crippen LogP contribution in [0, 0.1) is 5.82 Å². The summed E-state index contributed by atoms with van der Waals surface area (Å²) in [5.41, 5.74) is 0.998. The first-order chi connectivity index (χ1) is 15.9. The van der Waals surface area contributed by atoms with E-state index in [1.807, 2.05) is 18.4 Å². The molecule has 1 unspecified atom stereocenters. The van der Waals surface area contributed by atoms with Gasteiger partial charge in [-0.05, 0) is 69.3 Å². The van der Waals surface area contributed by atoms with E-state index >= 15 is 0 Å². The summed E-state index contributed by atoms with van der Waals surface area (Å²) in [6.45, 7) is 6.42. The van der Waals surface area contributed by atoms with Crippen LogP contribution >= 0.6 is 11.8 Å². The van der Waals surface area contributed by atoms with Gasteiger partial charge < -0.3 is 19.4 Å². The minimum atomic E-state index is -0.413. The molecule has 3 rings (SSSR count). The molecule has 0 spiro atoms. The smallest absolute Gasteiger partial charge is 0.338 e.